The predicted molar refractivity (Wildman–Crippen MR) is 126 cm³/mol. The third-order valence-electron chi connectivity index (χ3n) is 4.41. The van der Waals surface area contributed by atoms with Gasteiger partial charge < -0.3 is 0 Å². The molecule has 1 heteroatoms. The van der Waals surface area contributed by atoms with E-state index in [2.05, 4.69) is 75.4 Å². The maximum Gasteiger partial charge on any atom is 0.0520 e. The van der Waals surface area contributed by atoms with Crippen molar-refractivity contribution < 1.29 is 0 Å². The van der Waals surface area contributed by atoms with Gasteiger partial charge in [0.1, 0.15) is 0 Å². The van der Waals surface area contributed by atoms with E-state index in [1.54, 1.807) is 0 Å². The first kappa shape index (κ1) is 25.9. The molecule has 0 aliphatic rings. The average molecular weight is 374 g/mol. The van der Waals surface area contributed by atoms with E-state index in [1.807, 2.05) is 0 Å². The fourth-order valence-corrected chi connectivity index (χ4v) is 2.84. The second kappa shape index (κ2) is 19.6. The zero-order chi connectivity index (χ0) is 20.1. The number of hydrogen-bond donors (Lipinski definition) is 0. The van der Waals surface area contributed by atoms with Crippen molar-refractivity contribution in [3.63, 3.8) is 0 Å². The fraction of sp³-hybridized carbons (Fsp3) is 0.731. The van der Waals surface area contributed by atoms with E-state index < -0.39 is 0 Å². The highest BCUT2D eigenvalue weighted by Gasteiger charge is 2.03. The SMILES string of the molecule is CC/C=C\CCCCCCC/C=C\CCCC/C=C\CCC=NC(C)(C)C. The summed E-state index contributed by atoms with van der Waals surface area (Å²) in [5, 5.41) is 0. The van der Waals surface area contributed by atoms with Crippen molar-refractivity contribution in [2.45, 2.75) is 123 Å². The van der Waals surface area contributed by atoms with Crippen LogP contribution in [0.3, 0.4) is 0 Å². The van der Waals surface area contributed by atoms with Gasteiger partial charge in [0, 0.05) is 0 Å². The van der Waals surface area contributed by atoms with Gasteiger partial charge in [0.25, 0.3) is 0 Å². The van der Waals surface area contributed by atoms with Crippen LogP contribution in [0.25, 0.3) is 0 Å². The van der Waals surface area contributed by atoms with Crippen molar-refractivity contribution in [1.29, 1.82) is 0 Å². The highest BCUT2D eigenvalue weighted by Crippen LogP contribution is 2.09. The van der Waals surface area contributed by atoms with E-state index in [4.69, 9.17) is 0 Å². The number of unbranched alkanes of at least 4 members (excludes halogenated alkanes) is 10. The molecule has 0 spiro atoms. The van der Waals surface area contributed by atoms with Gasteiger partial charge in [-0.15, -0.1) is 0 Å². The van der Waals surface area contributed by atoms with Crippen LogP contribution in [0.4, 0.5) is 0 Å². The van der Waals surface area contributed by atoms with E-state index >= 15 is 0 Å². The molecule has 0 unspecified atom stereocenters. The molecule has 0 radical (unpaired) electrons. The minimum atomic E-state index is 0.0724. The molecule has 0 saturated carbocycles. The average Bonchev–Trinajstić information content (AvgIpc) is 2.62. The van der Waals surface area contributed by atoms with Crippen molar-refractivity contribution in [2.24, 2.45) is 4.99 Å². The molecule has 0 aliphatic heterocycles. The molecule has 0 heterocycles. The van der Waals surface area contributed by atoms with Gasteiger partial charge in [-0.1, -0.05) is 62.6 Å². The standard InChI is InChI=1S/C26H47N/c1-5-6-7-8-9-10-11-12-13-14-15-16-17-18-19-20-21-22-23-24-25-27-26(2,3)4/h6-7,15-16,21-22,25H,5,8-14,17-20,23-24H2,1-4H3/b7-6-,16-15-,22-21-,27-25?. The van der Waals surface area contributed by atoms with Crippen LogP contribution in [0.1, 0.15) is 118 Å². The summed E-state index contributed by atoms with van der Waals surface area (Å²) in [7, 11) is 0. The molecule has 156 valence electrons. The Kier molecular flexibility index (Phi) is 18.8. The van der Waals surface area contributed by atoms with Crippen LogP contribution in [-0.4, -0.2) is 11.8 Å². The molecule has 0 aromatic carbocycles. The lowest BCUT2D eigenvalue weighted by Crippen LogP contribution is -2.09. The summed E-state index contributed by atoms with van der Waals surface area (Å²) < 4.78 is 0. The summed E-state index contributed by atoms with van der Waals surface area (Å²) in [6, 6.07) is 0. The van der Waals surface area contributed by atoms with Gasteiger partial charge in [-0.25, -0.2) is 0 Å². The molecule has 0 aliphatic carbocycles. The highest BCUT2D eigenvalue weighted by atomic mass is 14.8. The van der Waals surface area contributed by atoms with Gasteiger partial charge >= 0.3 is 0 Å². The fourth-order valence-electron chi connectivity index (χ4n) is 2.84. The zero-order valence-electron chi connectivity index (χ0n) is 18.9. The number of aliphatic imine (C=N–C) groups is 1. The van der Waals surface area contributed by atoms with E-state index in [0.717, 1.165) is 12.8 Å². The van der Waals surface area contributed by atoms with Crippen LogP contribution in [0.5, 0.6) is 0 Å². The third kappa shape index (κ3) is 24.9. The summed E-state index contributed by atoms with van der Waals surface area (Å²) in [6.07, 6.45) is 34.0. The lowest BCUT2D eigenvalue weighted by molar-refractivity contribution is 0.585. The van der Waals surface area contributed by atoms with Crippen LogP contribution >= 0.6 is 0 Å². The minimum Gasteiger partial charge on any atom is -0.292 e. The second-order valence-electron chi connectivity index (χ2n) is 8.51. The van der Waals surface area contributed by atoms with Crippen molar-refractivity contribution in [3.8, 4) is 0 Å². The molecular weight excluding hydrogens is 326 g/mol. The van der Waals surface area contributed by atoms with Crippen LogP contribution in [0, 0.1) is 0 Å². The van der Waals surface area contributed by atoms with Crippen LogP contribution in [0.2, 0.25) is 0 Å². The van der Waals surface area contributed by atoms with Gasteiger partial charge in [0.15, 0.2) is 0 Å². The first-order valence-electron chi connectivity index (χ1n) is 11.5. The van der Waals surface area contributed by atoms with E-state index in [9.17, 15) is 0 Å². The molecule has 0 N–H and O–H groups in total. The number of nitrogens with zero attached hydrogens (tertiary/aromatic N) is 1. The molecule has 27 heavy (non-hydrogen) atoms. The molecule has 0 bridgehead atoms. The molecule has 0 atom stereocenters. The Hall–Kier alpha value is -1.11. The van der Waals surface area contributed by atoms with Crippen molar-refractivity contribution in [1.82, 2.24) is 0 Å². The quantitative estimate of drug-likeness (QED) is 0.137. The topological polar surface area (TPSA) is 12.4 Å². The van der Waals surface area contributed by atoms with Gasteiger partial charge in [-0.3, -0.25) is 4.99 Å². The summed E-state index contributed by atoms with van der Waals surface area (Å²) in [6.45, 7) is 8.63. The second-order valence-corrected chi connectivity index (χ2v) is 8.51. The van der Waals surface area contributed by atoms with Gasteiger partial charge in [0.05, 0.1) is 5.54 Å². The van der Waals surface area contributed by atoms with Gasteiger partial charge in [-0.2, -0.15) is 0 Å². The maximum atomic E-state index is 4.50. The first-order valence-corrected chi connectivity index (χ1v) is 11.5. The number of allylic oxidation sites excluding steroid dienone is 6. The molecule has 0 fully saturated rings. The number of hydrogen-bond acceptors (Lipinski definition) is 1. The summed E-state index contributed by atoms with van der Waals surface area (Å²) in [5.41, 5.74) is 0.0724. The minimum absolute atomic E-state index is 0.0724. The molecule has 1 nitrogen and oxygen atoms in total. The molecule has 0 saturated heterocycles. The van der Waals surface area contributed by atoms with Crippen LogP contribution in [-0.2, 0) is 0 Å². The first-order chi connectivity index (χ1) is 13.1. The zero-order valence-corrected chi connectivity index (χ0v) is 18.9. The third-order valence-corrected chi connectivity index (χ3v) is 4.41. The lowest BCUT2D eigenvalue weighted by Gasteiger charge is -2.10. The molecular formula is C26H47N. The van der Waals surface area contributed by atoms with Crippen molar-refractivity contribution in [3.05, 3.63) is 36.5 Å². The highest BCUT2D eigenvalue weighted by molar-refractivity contribution is 5.57. The largest absolute Gasteiger partial charge is 0.292 e. The molecule has 0 aromatic heterocycles. The smallest absolute Gasteiger partial charge is 0.0520 e. The monoisotopic (exact) mass is 373 g/mol. The van der Waals surface area contributed by atoms with Crippen LogP contribution < -0.4 is 0 Å². The van der Waals surface area contributed by atoms with E-state index in [1.165, 1.54) is 77.0 Å². The van der Waals surface area contributed by atoms with E-state index in [0.29, 0.717) is 0 Å². The Balaban J connectivity index is 3.28. The Morgan fingerprint density at radius 2 is 0.926 bits per heavy atom. The van der Waals surface area contributed by atoms with Crippen molar-refractivity contribution in [2.75, 3.05) is 0 Å². The predicted octanol–water partition coefficient (Wildman–Crippen LogP) is 9.01. The Morgan fingerprint density at radius 3 is 1.41 bits per heavy atom. The summed E-state index contributed by atoms with van der Waals surface area (Å²) in [4.78, 5) is 4.50. The van der Waals surface area contributed by atoms with Crippen LogP contribution in [0.15, 0.2) is 41.4 Å². The normalized spacial score (nSPS) is 13.2. The molecule has 0 aromatic rings. The van der Waals surface area contributed by atoms with Crippen molar-refractivity contribution >= 4 is 6.21 Å². The summed E-state index contributed by atoms with van der Waals surface area (Å²) >= 11 is 0. The molecule has 0 amide bonds. The lowest BCUT2D eigenvalue weighted by atomic mass is 10.1. The van der Waals surface area contributed by atoms with Gasteiger partial charge in [0.2, 0.25) is 0 Å². The Morgan fingerprint density at radius 1 is 0.519 bits per heavy atom. The van der Waals surface area contributed by atoms with Gasteiger partial charge in [-0.05, 0) is 97.6 Å². The maximum absolute atomic E-state index is 4.50. The van der Waals surface area contributed by atoms with E-state index in [-0.39, 0.29) is 5.54 Å². The summed E-state index contributed by atoms with van der Waals surface area (Å²) in [5.74, 6) is 0. The number of rotatable bonds is 17. The Bertz CT molecular complexity index is 406. The Labute approximate surface area is 171 Å². The molecule has 0 rings (SSSR count).